The molecular weight excluding hydrogens is 268 g/mol. The van der Waals surface area contributed by atoms with Crippen molar-refractivity contribution in [1.29, 1.82) is 0 Å². The number of halogens is 1. The topological polar surface area (TPSA) is 26.3 Å². The van der Waals surface area contributed by atoms with Crippen molar-refractivity contribution in [2.45, 2.75) is 26.4 Å². The first-order valence-electron chi connectivity index (χ1n) is 4.83. The summed E-state index contributed by atoms with van der Waals surface area (Å²) in [6.07, 6.45) is 5.33. The number of hydrogen-bond donors (Lipinski definition) is 0. The molecule has 0 spiro atoms. The standard InChI is InChI=1S/C13H13BrO2/c1-5-13(3,4)16-10-6-7-11(9(2)15)12(14)8-10/h1,6-8H,2-4H3. The van der Waals surface area contributed by atoms with Crippen molar-refractivity contribution in [1.82, 2.24) is 0 Å². The van der Waals surface area contributed by atoms with E-state index in [1.165, 1.54) is 6.92 Å². The van der Waals surface area contributed by atoms with E-state index in [4.69, 9.17) is 11.2 Å². The number of ketones is 1. The van der Waals surface area contributed by atoms with Gasteiger partial charge in [-0.2, -0.15) is 0 Å². The van der Waals surface area contributed by atoms with Gasteiger partial charge in [0.1, 0.15) is 5.75 Å². The van der Waals surface area contributed by atoms with Crippen LogP contribution in [0.15, 0.2) is 22.7 Å². The molecule has 0 aromatic heterocycles. The van der Waals surface area contributed by atoms with Crippen LogP contribution in [0.2, 0.25) is 0 Å². The highest BCUT2D eigenvalue weighted by Crippen LogP contribution is 2.25. The quantitative estimate of drug-likeness (QED) is 0.626. The summed E-state index contributed by atoms with van der Waals surface area (Å²) in [5.74, 6) is 3.19. The molecule has 1 aromatic carbocycles. The molecular formula is C13H13BrO2. The number of ether oxygens (including phenoxy) is 1. The third kappa shape index (κ3) is 3.11. The Bertz CT molecular complexity index is 455. The van der Waals surface area contributed by atoms with Crippen LogP contribution in [0.4, 0.5) is 0 Å². The molecule has 0 radical (unpaired) electrons. The van der Waals surface area contributed by atoms with E-state index in [1.807, 2.05) is 0 Å². The number of carbonyl (C=O) groups is 1. The first kappa shape index (κ1) is 12.8. The minimum Gasteiger partial charge on any atom is -0.475 e. The van der Waals surface area contributed by atoms with Crippen LogP contribution in [0.5, 0.6) is 5.75 Å². The highest BCUT2D eigenvalue weighted by molar-refractivity contribution is 9.10. The van der Waals surface area contributed by atoms with Gasteiger partial charge in [0.05, 0.1) is 0 Å². The van der Waals surface area contributed by atoms with Gasteiger partial charge in [-0.25, -0.2) is 0 Å². The molecule has 0 atom stereocenters. The molecule has 0 fully saturated rings. The van der Waals surface area contributed by atoms with Crippen molar-refractivity contribution in [2.24, 2.45) is 0 Å². The Kier molecular flexibility index (Phi) is 3.77. The maximum atomic E-state index is 11.2. The average Bonchev–Trinajstić information content (AvgIpc) is 2.16. The Balaban J connectivity index is 2.99. The Morgan fingerprint density at radius 3 is 2.56 bits per heavy atom. The maximum Gasteiger partial charge on any atom is 0.163 e. The molecule has 0 heterocycles. The first-order chi connectivity index (χ1) is 7.35. The SMILES string of the molecule is C#CC(C)(C)Oc1ccc(C(C)=O)c(Br)c1. The lowest BCUT2D eigenvalue weighted by Crippen LogP contribution is -2.25. The molecule has 0 bridgehead atoms. The van der Waals surface area contributed by atoms with Gasteiger partial charge in [0.25, 0.3) is 0 Å². The number of benzene rings is 1. The minimum atomic E-state index is -0.656. The second-order valence-corrected chi connectivity index (χ2v) is 4.81. The maximum absolute atomic E-state index is 11.2. The number of carbonyl (C=O) groups excluding carboxylic acids is 1. The van der Waals surface area contributed by atoms with E-state index in [0.717, 1.165) is 0 Å². The van der Waals surface area contributed by atoms with Gasteiger partial charge in [0, 0.05) is 10.0 Å². The second kappa shape index (κ2) is 4.71. The summed E-state index contributed by atoms with van der Waals surface area (Å²) in [4.78, 5) is 11.2. The van der Waals surface area contributed by atoms with E-state index in [2.05, 4.69) is 21.9 Å². The van der Waals surface area contributed by atoms with Gasteiger partial charge >= 0.3 is 0 Å². The highest BCUT2D eigenvalue weighted by Gasteiger charge is 2.16. The van der Waals surface area contributed by atoms with E-state index in [0.29, 0.717) is 15.8 Å². The molecule has 16 heavy (non-hydrogen) atoms. The number of terminal acetylenes is 1. The molecule has 0 saturated carbocycles. The third-order valence-electron chi connectivity index (χ3n) is 2.04. The van der Waals surface area contributed by atoms with E-state index in [-0.39, 0.29) is 5.78 Å². The molecule has 1 rings (SSSR count). The predicted molar refractivity (Wildman–Crippen MR) is 67.7 cm³/mol. The second-order valence-electron chi connectivity index (χ2n) is 3.95. The lowest BCUT2D eigenvalue weighted by Gasteiger charge is -2.20. The van der Waals surface area contributed by atoms with Gasteiger partial charge < -0.3 is 4.74 Å². The van der Waals surface area contributed by atoms with Crippen LogP contribution >= 0.6 is 15.9 Å². The molecule has 0 aliphatic rings. The molecule has 0 aliphatic carbocycles. The van der Waals surface area contributed by atoms with Crippen LogP contribution in [-0.2, 0) is 0 Å². The summed E-state index contributed by atoms with van der Waals surface area (Å²) in [6.45, 7) is 5.13. The zero-order valence-corrected chi connectivity index (χ0v) is 11.1. The van der Waals surface area contributed by atoms with E-state index in [9.17, 15) is 4.79 Å². The Morgan fingerprint density at radius 2 is 2.12 bits per heavy atom. The summed E-state index contributed by atoms with van der Waals surface area (Å²) >= 11 is 3.32. The third-order valence-corrected chi connectivity index (χ3v) is 2.70. The van der Waals surface area contributed by atoms with E-state index < -0.39 is 5.60 Å². The van der Waals surface area contributed by atoms with Gasteiger partial charge in [-0.05, 0) is 54.9 Å². The zero-order chi connectivity index (χ0) is 12.3. The molecule has 0 aliphatic heterocycles. The smallest absolute Gasteiger partial charge is 0.163 e. The lowest BCUT2D eigenvalue weighted by atomic mass is 10.1. The predicted octanol–water partition coefficient (Wildman–Crippen LogP) is 3.44. The van der Waals surface area contributed by atoms with Crippen molar-refractivity contribution in [3.63, 3.8) is 0 Å². The van der Waals surface area contributed by atoms with E-state index in [1.54, 1.807) is 32.0 Å². The molecule has 0 amide bonds. The average molecular weight is 281 g/mol. The molecule has 0 saturated heterocycles. The Hall–Kier alpha value is -1.27. The number of rotatable bonds is 3. The highest BCUT2D eigenvalue weighted by atomic mass is 79.9. The van der Waals surface area contributed by atoms with Crippen LogP contribution in [0.3, 0.4) is 0 Å². The number of hydrogen-bond acceptors (Lipinski definition) is 2. The minimum absolute atomic E-state index is 0.00892. The normalized spacial score (nSPS) is 10.7. The lowest BCUT2D eigenvalue weighted by molar-refractivity contribution is 0.101. The number of Topliss-reactive ketones (excluding diaryl/α,β-unsaturated/α-hetero) is 1. The van der Waals surface area contributed by atoms with Crippen molar-refractivity contribution >= 4 is 21.7 Å². The summed E-state index contributed by atoms with van der Waals surface area (Å²) in [5, 5.41) is 0. The molecule has 1 aromatic rings. The fraction of sp³-hybridized carbons (Fsp3) is 0.308. The van der Waals surface area contributed by atoms with Gasteiger partial charge in [-0.1, -0.05) is 5.92 Å². The molecule has 0 N–H and O–H groups in total. The van der Waals surface area contributed by atoms with Crippen LogP contribution in [0.25, 0.3) is 0 Å². The van der Waals surface area contributed by atoms with Gasteiger partial charge in [-0.3, -0.25) is 4.79 Å². The van der Waals surface area contributed by atoms with Gasteiger partial charge in [0.15, 0.2) is 11.4 Å². The Morgan fingerprint density at radius 1 is 1.50 bits per heavy atom. The van der Waals surface area contributed by atoms with Gasteiger partial charge in [0.2, 0.25) is 0 Å². The molecule has 84 valence electrons. The van der Waals surface area contributed by atoms with E-state index >= 15 is 0 Å². The van der Waals surface area contributed by atoms with Crippen LogP contribution < -0.4 is 4.74 Å². The van der Waals surface area contributed by atoms with Crippen LogP contribution in [-0.4, -0.2) is 11.4 Å². The fourth-order valence-electron chi connectivity index (χ4n) is 1.17. The summed E-state index contributed by atoms with van der Waals surface area (Å²) in [7, 11) is 0. The van der Waals surface area contributed by atoms with Crippen LogP contribution in [0, 0.1) is 12.3 Å². The van der Waals surface area contributed by atoms with Crippen molar-refractivity contribution in [3.05, 3.63) is 28.2 Å². The van der Waals surface area contributed by atoms with Gasteiger partial charge in [-0.15, -0.1) is 6.42 Å². The van der Waals surface area contributed by atoms with Crippen molar-refractivity contribution < 1.29 is 9.53 Å². The summed E-state index contributed by atoms with van der Waals surface area (Å²) in [6, 6.07) is 5.20. The van der Waals surface area contributed by atoms with Crippen LogP contribution in [0.1, 0.15) is 31.1 Å². The van der Waals surface area contributed by atoms with Crippen molar-refractivity contribution in [3.8, 4) is 18.1 Å². The summed E-state index contributed by atoms with van der Waals surface area (Å²) in [5.41, 5.74) is -0.0251. The zero-order valence-electron chi connectivity index (χ0n) is 9.50. The summed E-state index contributed by atoms with van der Waals surface area (Å²) < 4.78 is 6.30. The molecule has 2 nitrogen and oxygen atoms in total. The fourth-order valence-corrected chi connectivity index (χ4v) is 1.81. The monoisotopic (exact) mass is 280 g/mol. The Labute approximate surface area is 104 Å². The first-order valence-corrected chi connectivity index (χ1v) is 5.62. The van der Waals surface area contributed by atoms with Crippen molar-refractivity contribution in [2.75, 3.05) is 0 Å². The molecule has 0 unspecified atom stereocenters. The molecule has 3 heteroatoms. The largest absolute Gasteiger partial charge is 0.475 e.